The van der Waals surface area contributed by atoms with E-state index in [9.17, 15) is 4.79 Å². The molecule has 6 nitrogen and oxygen atoms in total. The second-order valence-electron chi connectivity index (χ2n) is 6.86. The van der Waals surface area contributed by atoms with Gasteiger partial charge in [-0.3, -0.25) is 4.79 Å². The van der Waals surface area contributed by atoms with E-state index in [1.807, 2.05) is 49.6 Å². The third-order valence-electron chi connectivity index (χ3n) is 4.65. The molecule has 7 heteroatoms. The van der Waals surface area contributed by atoms with Gasteiger partial charge in [0.1, 0.15) is 5.75 Å². The molecule has 0 bridgehead atoms. The largest absolute Gasteiger partial charge is 0.496 e. The number of carbonyl (C=O) groups is 1. The minimum absolute atomic E-state index is 0.0606. The lowest BCUT2D eigenvalue weighted by Crippen LogP contribution is -2.16. The van der Waals surface area contributed by atoms with E-state index in [0.29, 0.717) is 11.7 Å². The standard InChI is InChI=1S/C22H26N4O2S/c1-6-26-21(17-9-7-8-10-18(17)28-5)24-25-22(26)29-13-19(27)23-20-15(3)11-14(2)12-16(20)4/h7-12H,6,13H2,1-5H3,(H,23,27). The van der Waals surface area contributed by atoms with Crippen LogP contribution in [-0.4, -0.2) is 33.5 Å². The summed E-state index contributed by atoms with van der Waals surface area (Å²) in [5.41, 5.74) is 5.08. The Balaban J connectivity index is 1.75. The Kier molecular flexibility index (Phi) is 6.59. The quantitative estimate of drug-likeness (QED) is 0.575. The zero-order chi connectivity index (χ0) is 21.0. The highest BCUT2D eigenvalue weighted by atomic mass is 32.2. The van der Waals surface area contributed by atoms with Crippen molar-refractivity contribution in [1.29, 1.82) is 0 Å². The SMILES string of the molecule is CCn1c(SCC(=O)Nc2c(C)cc(C)cc2C)nnc1-c1ccccc1OC. The normalized spacial score (nSPS) is 10.8. The van der Waals surface area contributed by atoms with Crippen molar-refractivity contribution in [1.82, 2.24) is 14.8 Å². The summed E-state index contributed by atoms with van der Waals surface area (Å²) in [7, 11) is 1.64. The molecule has 1 N–H and O–H groups in total. The molecule has 0 aliphatic rings. The minimum atomic E-state index is -0.0606. The number of hydrogen-bond acceptors (Lipinski definition) is 5. The van der Waals surface area contributed by atoms with Crippen molar-refractivity contribution in [2.45, 2.75) is 39.4 Å². The van der Waals surface area contributed by atoms with Gasteiger partial charge >= 0.3 is 0 Å². The first-order chi connectivity index (χ1) is 13.9. The predicted octanol–water partition coefficient (Wildman–Crippen LogP) is 4.63. The Hall–Kier alpha value is -2.80. The summed E-state index contributed by atoms with van der Waals surface area (Å²) in [6.45, 7) is 8.80. The molecule has 152 valence electrons. The molecule has 3 aromatic rings. The molecule has 0 radical (unpaired) electrons. The predicted molar refractivity (Wildman–Crippen MR) is 118 cm³/mol. The average Bonchev–Trinajstić information content (AvgIpc) is 3.11. The van der Waals surface area contributed by atoms with E-state index in [0.717, 1.165) is 34.0 Å². The van der Waals surface area contributed by atoms with Crippen molar-refractivity contribution >= 4 is 23.4 Å². The molecular formula is C22H26N4O2S. The molecule has 1 heterocycles. The van der Waals surface area contributed by atoms with Crippen molar-refractivity contribution in [2.24, 2.45) is 0 Å². The van der Waals surface area contributed by atoms with E-state index in [4.69, 9.17) is 4.74 Å². The van der Waals surface area contributed by atoms with Crippen LogP contribution >= 0.6 is 11.8 Å². The summed E-state index contributed by atoms with van der Waals surface area (Å²) in [5, 5.41) is 12.4. The van der Waals surface area contributed by atoms with Crippen LogP contribution in [0.5, 0.6) is 5.75 Å². The number of anilines is 1. The number of nitrogens with one attached hydrogen (secondary N) is 1. The van der Waals surface area contributed by atoms with Crippen LogP contribution in [0.2, 0.25) is 0 Å². The molecule has 1 aromatic heterocycles. The van der Waals surface area contributed by atoms with Gasteiger partial charge in [-0.05, 0) is 51.0 Å². The maximum atomic E-state index is 12.5. The van der Waals surface area contributed by atoms with Crippen LogP contribution in [0.25, 0.3) is 11.4 Å². The Labute approximate surface area is 175 Å². The van der Waals surface area contributed by atoms with Crippen LogP contribution in [0, 0.1) is 20.8 Å². The fraction of sp³-hybridized carbons (Fsp3) is 0.318. The lowest BCUT2D eigenvalue weighted by Gasteiger charge is -2.13. The highest BCUT2D eigenvalue weighted by Gasteiger charge is 2.17. The van der Waals surface area contributed by atoms with Crippen LogP contribution < -0.4 is 10.1 Å². The number of rotatable bonds is 7. The molecule has 0 atom stereocenters. The topological polar surface area (TPSA) is 69.0 Å². The molecule has 0 unspecified atom stereocenters. The monoisotopic (exact) mass is 410 g/mol. The number of carbonyl (C=O) groups excluding carboxylic acids is 1. The van der Waals surface area contributed by atoms with Crippen LogP contribution in [-0.2, 0) is 11.3 Å². The molecule has 0 saturated heterocycles. The van der Waals surface area contributed by atoms with E-state index in [1.165, 1.54) is 17.3 Å². The van der Waals surface area contributed by atoms with Gasteiger partial charge in [-0.2, -0.15) is 0 Å². The van der Waals surface area contributed by atoms with E-state index >= 15 is 0 Å². The first-order valence-corrected chi connectivity index (χ1v) is 10.5. The van der Waals surface area contributed by atoms with E-state index < -0.39 is 0 Å². The van der Waals surface area contributed by atoms with Crippen LogP contribution in [0.15, 0.2) is 41.6 Å². The second kappa shape index (κ2) is 9.13. The van der Waals surface area contributed by atoms with Gasteiger partial charge in [0.05, 0.1) is 18.4 Å². The smallest absolute Gasteiger partial charge is 0.234 e. The molecule has 0 fully saturated rings. The lowest BCUT2D eigenvalue weighted by atomic mass is 10.1. The number of ether oxygens (including phenoxy) is 1. The van der Waals surface area contributed by atoms with Gasteiger partial charge in [-0.1, -0.05) is 41.6 Å². The van der Waals surface area contributed by atoms with Gasteiger partial charge in [-0.25, -0.2) is 0 Å². The first-order valence-electron chi connectivity index (χ1n) is 9.51. The first kappa shape index (κ1) is 20.9. The fourth-order valence-electron chi connectivity index (χ4n) is 3.39. The van der Waals surface area contributed by atoms with Gasteiger partial charge < -0.3 is 14.6 Å². The number of aromatic nitrogens is 3. The maximum absolute atomic E-state index is 12.5. The molecular weight excluding hydrogens is 384 g/mol. The summed E-state index contributed by atoms with van der Waals surface area (Å²) in [6, 6.07) is 11.9. The summed E-state index contributed by atoms with van der Waals surface area (Å²) in [5.74, 6) is 1.68. The summed E-state index contributed by atoms with van der Waals surface area (Å²) < 4.78 is 7.45. The molecule has 0 aliphatic heterocycles. The molecule has 2 aromatic carbocycles. The Bertz CT molecular complexity index is 1010. The van der Waals surface area contributed by atoms with Gasteiger partial charge in [0.15, 0.2) is 11.0 Å². The zero-order valence-corrected chi connectivity index (χ0v) is 18.3. The number of amides is 1. The van der Waals surface area contributed by atoms with Crippen molar-refractivity contribution in [3.05, 3.63) is 53.1 Å². The van der Waals surface area contributed by atoms with Crippen LogP contribution in [0.4, 0.5) is 5.69 Å². The third-order valence-corrected chi connectivity index (χ3v) is 5.62. The number of para-hydroxylation sites is 1. The molecule has 3 rings (SSSR count). The van der Waals surface area contributed by atoms with Gasteiger partial charge in [-0.15, -0.1) is 10.2 Å². The average molecular weight is 411 g/mol. The third kappa shape index (κ3) is 4.62. The van der Waals surface area contributed by atoms with Gasteiger partial charge in [0, 0.05) is 12.2 Å². The number of methoxy groups -OCH3 is 1. The highest BCUT2D eigenvalue weighted by molar-refractivity contribution is 7.99. The van der Waals surface area contributed by atoms with Gasteiger partial charge in [0.25, 0.3) is 0 Å². The molecule has 0 saturated carbocycles. The molecule has 1 amide bonds. The van der Waals surface area contributed by atoms with Crippen molar-refractivity contribution in [3.63, 3.8) is 0 Å². The summed E-state index contributed by atoms with van der Waals surface area (Å²) in [4.78, 5) is 12.5. The number of benzene rings is 2. The van der Waals surface area contributed by atoms with E-state index in [2.05, 4.69) is 34.6 Å². The van der Waals surface area contributed by atoms with Crippen molar-refractivity contribution in [3.8, 4) is 17.1 Å². The lowest BCUT2D eigenvalue weighted by molar-refractivity contribution is -0.113. The van der Waals surface area contributed by atoms with Crippen LogP contribution in [0.1, 0.15) is 23.6 Å². The van der Waals surface area contributed by atoms with Gasteiger partial charge in [0.2, 0.25) is 5.91 Å². The minimum Gasteiger partial charge on any atom is -0.496 e. The van der Waals surface area contributed by atoms with Crippen molar-refractivity contribution < 1.29 is 9.53 Å². The zero-order valence-electron chi connectivity index (χ0n) is 17.4. The second-order valence-corrected chi connectivity index (χ2v) is 7.80. The maximum Gasteiger partial charge on any atom is 0.234 e. The fourth-order valence-corrected chi connectivity index (χ4v) is 4.19. The highest BCUT2D eigenvalue weighted by Crippen LogP contribution is 2.31. The van der Waals surface area contributed by atoms with E-state index in [-0.39, 0.29) is 11.7 Å². The number of hydrogen-bond donors (Lipinski definition) is 1. The van der Waals surface area contributed by atoms with Crippen molar-refractivity contribution in [2.75, 3.05) is 18.2 Å². The Morgan fingerprint density at radius 1 is 1.14 bits per heavy atom. The van der Waals surface area contributed by atoms with E-state index in [1.54, 1.807) is 7.11 Å². The van der Waals surface area contributed by atoms with Crippen LogP contribution in [0.3, 0.4) is 0 Å². The number of aryl methyl sites for hydroxylation is 3. The Morgan fingerprint density at radius 3 is 2.48 bits per heavy atom. The molecule has 29 heavy (non-hydrogen) atoms. The summed E-state index contributed by atoms with van der Waals surface area (Å²) in [6.07, 6.45) is 0. The number of nitrogens with zero attached hydrogens (tertiary/aromatic N) is 3. The number of thioether (sulfide) groups is 1. The Morgan fingerprint density at radius 2 is 1.83 bits per heavy atom. The molecule has 0 aliphatic carbocycles. The summed E-state index contributed by atoms with van der Waals surface area (Å²) >= 11 is 1.38. The molecule has 0 spiro atoms.